The number of sulfone groups is 1. The van der Waals surface area contributed by atoms with Crippen molar-refractivity contribution >= 4 is 50.1 Å². The van der Waals surface area contributed by atoms with Crippen molar-refractivity contribution in [1.29, 1.82) is 0 Å². The minimum Gasteiger partial charge on any atom is -0.444 e. The molecule has 11 heteroatoms. The van der Waals surface area contributed by atoms with Crippen molar-refractivity contribution in [2.75, 3.05) is 40.9 Å². The van der Waals surface area contributed by atoms with Crippen molar-refractivity contribution in [2.24, 2.45) is 4.99 Å². The number of amides is 2. The molecule has 1 N–H and O–H groups in total. The fraction of sp³-hybridized carbons (Fsp3) is 0.591. The van der Waals surface area contributed by atoms with E-state index in [0.717, 1.165) is 24.5 Å². The van der Waals surface area contributed by atoms with Gasteiger partial charge in [-0.2, -0.15) is 4.99 Å². The summed E-state index contributed by atoms with van der Waals surface area (Å²) in [7, 11) is -3.15. The molecule has 2 fully saturated rings. The molecular weight excluding hydrogens is 464 g/mol. The summed E-state index contributed by atoms with van der Waals surface area (Å²) in [6.45, 7) is 10.8. The maximum atomic E-state index is 12.5. The number of fused-ring (bicyclic) bond motifs is 1. The summed E-state index contributed by atoms with van der Waals surface area (Å²) in [5, 5.41) is 2.68. The van der Waals surface area contributed by atoms with Crippen LogP contribution in [0.15, 0.2) is 29.3 Å². The number of alkyl carbamates (subject to hydrolysis) is 1. The van der Waals surface area contributed by atoms with Crippen molar-refractivity contribution in [3.63, 3.8) is 0 Å². The Balaban J connectivity index is 1.80. The molecule has 0 unspecified atom stereocenters. The van der Waals surface area contributed by atoms with Gasteiger partial charge in [0, 0.05) is 29.7 Å². The predicted molar refractivity (Wildman–Crippen MR) is 133 cm³/mol. The Bertz CT molecular complexity index is 1010. The van der Waals surface area contributed by atoms with Gasteiger partial charge in [0.15, 0.2) is 15.0 Å². The number of aliphatic imine (C=N–C) groups is 1. The molecule has 0 aromatic heterocycles. The molecular formula is C22H32N4O5S2. The van der Waals surface area contributed by atoms with Gasteiger partial charge in [-0.05, 0) is 58.9 Å². The van der Waals surface area contributed by atoms with Gasteiger partial charge in [-0.1, -0.05) is 11.8 Å². The predicted octanol–water partition coefficient (Wildman–Crippen LogP) is 2.66. The SMILES string of the molecule is CCN(CC)c1ccc(N2C(=NC(=O)CNC(=O)OC(C)(C)C)S[C@H]3CS(=O)(=O)C[C@H]32)cc1. The second kappa shape index (κ2) is 9.92. The van der Waals surface area contributed by atoms with Crippen LogP contribution >= 0.6 is 11.8 Å². The molecule has 2 atom stereocenters. The van der Waals surface area contributed by atoms with E-state index in [0.29, 0.717) is 5.17 Å². The van der Waals surface area contributed by atoms with Gasteiger partial charge in [-0.15, -0.1) is 0 Å². The van der Waals surface area contributed by atoms with Crippen LogP contribution < -0.4 is 15.1 Å². The molecule has 3 rings (SSSR count). The zero-order valence-electron chi connectivity index (χ0n) is 19.7. The van der Waals surface area contributed by atoms with Gasteiger partial charge >= 0.3 is 6.09 Å². The van der Waals surface area contributed by atoms with E-state index in [9.17, 15) is 18.0 Å². The maximum Gasteiger partial charge on any atom is 0.408 e. The lowest BCUT2D eigenvalue weighted by Gasteiger charge is -2.26. The number of nitrogens with zero attached hydrogens (tertiary/aromatic N) is 3. The van der Waals surface area contributed by atoms with Gasteiger partial charge in [-0.25, -0.2) is 13.2 Å². The minimum absolute atomic E-state index is 0.0197. The second-order valence-corrected chi connectivity index (χ2v) is 12.4. The Morgan fingerprint density at radius 3 is 2.39 bits per heavy atom. The van der Waals surface area contributed by atoms with E-state index in [4.69, 9.17) is 4.74 Å². The Morgan fingerprint density at radius 1 is 1.18 bits per heavy atom. The summed E-state index contributed by atoms with van der Waals surface area (Å²) < 4.78 is 29.6. The zero-order chi connectivity index (χ0) is 24.4. The van der Waals surface area contributed by atoms with Crippen LogP contribution in [0.4, 0.5) is 16.2 Å². The molecule has 0 spiro atoms. The van der Waals surface area contributed by atoms with Gasteiger partial charge < -0.3 is 19.9 Å². The van der Waals surface area contributed by atoms with Crippen LogP contribution in [0, 0.1) is 0 Å². The second-order valence-electron chi connectivity index (χ2n) is 9.00. The number of thioether (sulfide) groups is 1. The summed E-state index contributed by atoms with van der Waals surface area (Å²) in [5.41, 5.74) is 1.19. The smallest absolute Gasteiger partial charge is 0.408 e. The number of carbonyl (C=O) groups is 2. The lowest BCUT2D eigenvalue weighted by Crippen LogP contribution is -2.38. The number of rotatable bonds is 6. The molecule has 0 bridgehead atoms. The maximum absolute atomic E-state index is 12.5. The van der Waals surface area contributed by atoms with Crippen LogP contribution in [0.25, 0.3) is 0 Å². The van der Waals surface area contributed by atoms with E-state index >= 15 is 0 Å². The molecule has 1 aromatic carbocycles. The summed E-state index contributed by atoms with van der Waals surface area (Å²) in [4.78, 5) is 32.6. The van der Waals surface area contributed by atoms with E-state index in [1.54, 1.807) is 20.8 Å². The Labute approximate surface area is 199 Å². The third-order valence-electron chi connectivity index (χ3n) is 5.33. The van der Waals surface area contributed by atoms with Crippen LogP contribution in [0.2, 0.25) is 0 Å². The number of hydrogen-bond acceptors (Lipinski definition) is 7. The molecule has 33 heavy (non-hydrogen) atoms. The fourth-order valence-electron chi connectivity index (χ4n) is 3.89. The van der Waals surface area contributed by atoms with Gasteiger partial charge in [0.1, 0.15) is 12.1 Å². The molecule has 2 heterocycles. The van der Waals surface area contributed by atoms with Crippen molar-refractivity contribution in [1.82, 2.24) is 5.32 Å². The van der Waals surface area contributed by atoms with Crippen molar-refractivity contribution in [3.05, 3.63) is 24.3 Å². The highest BCUT2D eigenvalue weighted by Crippen LogP contribution is 2.41. The molecule has 1 aromatic rings. The van der Waals surface area contributed by atoms with Crippen LogP contribution in [-0.4, -0.2) is 73.6 Å². The fourth-order valence-corrected chi connectivity index (χ4v) is 7.82. The number of carbonyl (C=O) groups excluding carboxylic acids is 2. The van der Waals surface area contributed by atoms with Gasteiger partial charge in [0.25, 0.3) is 5.91 Å². The summed E-state index contributed by atoms with van der Waals surface area (Å²) >= 11 is 1.30. The molecule has 9 nitrogen and oxygen atoms in total. The first-order valence-corrected chi connectivity index (χ1v) is 13.7. The van der Waals surface area contributed by atoms with Crippen molar-refractivity contribution in [2.45, 2.75) is 51.5 Å². The minimum atomic E-state index is -3.15. The average molecular weight is 497 g/mol. The average Bonchev–Trinajstić information content (AvgIpc) is 3.17. The molecule has 0 saturated carbocycles. The number of ether oxygens (including phenoxy) is 1. The molecule has 2 amide bonds. The van der Waals surface area contributed by atoms with Crippen molar-refractivity contribution in [3.8, 4) is 0 Å². The summed E-state index contributed by atoms with van der Waals surface area (Å²) in [5.74, 6) is -0.457. The van der Waals surface area contributed by atoms with Crippen LogP contribution in [0.5, 0.6) is 0 Å². The molecule has 2 aliphatic rings. The molecule has 2 aliphatic heterocycles. The molecule has 0 aliphatic carbocycles. The monoisotopic (exact) mass is 496 g/mol. The first kappa shape index (κ1) is 25.4. The Morgan fingerprint density at radius 2 is 1.82 bits per heavy atom. The number of hydrogen-bond donors (Lipinski definition) is 1. The van der Waals surface area contributed by atoms with E-state index in [1.165, 1.54) is 11.8 Å². The Hall–Kier alpha value is -2.27. The zero-order valence-corrected chi connectivity index (χ0v) is 21.3. The molecule has 2 saturated heterocycles. The quantitative estimate of drug-likeness (QED) is 0.640. The third-order valence-corrected chi connectivity index (χ3v) is 8.54. The normalized spacial score (nSPS) is 22.8. The van der Waals surface area contributed by atoms with E-state index in [2.05, 4.69) is 29.1 Å². The first-order valence-electron chi connectivity index (χ1n) is 11.0. The van der Waals surface area contributed by atoms with E-state index in [-0.39, 0.29) is 29.3 Å². The first-order chi connectivity index (χ1) is 15.4. The topological polar surface area (TPSA) is 108 Å². The highest BCUT2D eigenvalue weighted by Gasteiger charge is 2.49. The molecule has 0 radical (unpaired) electrons. The number of benzene rings is 1. The summed E-state index contributed by atoms with van der Waals surface area (Å²) in [6.07, 6.45) is -0.693. The Kier molecular flexibility index (Phi) is 7.62. The van der Waals surface area contributed by atoms with Gasteiger partial charge in [0.2, 0.25) is 0 Å². The lowest BCUT2D eigenvalue weighted by atomic mass is 10.2. The highest BCUT2D eigenvalue weighted by atomic mass is 32.2. The van der Waals surface area contributed by atoms with Crippen LogP contribution in [0.1, 0.15) is 34.6 Å². The van der Waals surface area contributed by atoms with Crippen molar-refractivity contribution < 1.29 is 22.7 Å². The number of amidine groups is 1. The van der Waals surface area contributed by atoms with Gasteiger partial charge in [0.05, 0.1) is 17.5 Å². The lowest BCUT2D eigenvalue weighted by molar-refractivity contribution is -0.117. The standard InChI is InChI=1S/C22H32N4O5S2/c1-6-25(7-2)15-8-10-16(11-9-15)26-17-13-33(29,30)14-18(17)32-20(26)24-19(27)12-23-21(28)31-22(3,4)5/h8-11,17-18H,6-7,12-14H2,1-5H3,(H,23,28)/t17-,18+/m1/s1. The number of nitrogens with one attached hydrogen (secondary N) is 1. The van der Waals surface area contributed by atoms with E-state index < -0.39 is 27.4 Å². The third kappa shape index (κ3) is 6.41. The van der Waals surface area contributed by atoms with Crippen LogP contribution in [-0.2, 0) is 19.4 Å². The summed E-state index contributed by atoms with van der Waals surface area (Å²) in [6, 6.07) is 7.56. The van der Waals surface area contributed by atoms with Gasteiger partial charge in [-0.3, -0.25) is 4.79 Å². The highest BCUT2D eigenvalue weighted by molar-refractivity contribution is 8.16. The van der Waals surface area contributed by atoms with E-state index in [1.807, 2.05) is 29.2 Å². The largest absolute Gasteiger partial charge is 0.444 e. The number of anilines is 2. The molecule has 182 valence electrons. The van der Waals surface area contributed by atoms with Crippen LogP contribution in [0.3, 0.4) is 0 Å².